The molecular weight excluding hydrogens is 337 g/mol. The Kier molecular flexibility index (Phi) is 4.88. The van der Waals surface area contributed by atoms with Crippen molar-refractivity contribution in [2.45, 2.75) is 18.8 Å². The zero-order valence-corrected chi connectivity index (χ0v) is 14.1. The highest BCUT2D eigenvalue weighted by Gasteiger charge is 2.45. The molecule has 0 radical (unpaired) electrons. The minimum atomic E-state index is -0.668. The highest BCUT2D eigenvalue weighted by molar-refractivity contribution is 6.64. The molecule has 1 unspecified atom stereocenters. The Morgan fingerprint density at radius 3 is 2.81 bits per heavy atom. The molecule has 8 heteroatoms. The van der Waals surface area contributed by atoms with Gasteiger partial charge in [0.15, 0.2) is 0 Å². The maximum absolute atomic E-state index is 10.9. The molecular formula is C18H18BNO6. The van der Waals surface area contributed by atoms with Crippen molar-refractivity contribution in [2.75, 3.05) is 19.8 Å². The molecule has 0 bridgehead atoms. The van der Waals surface area contributed by atoms with Crippen LogP contribution >= 0.6 is 0 Å². The van der Waals surface area contributed by atoms with Crippen molar-refractivity contribution in [2.24, 2.45) is 0 Å². The van der Waals surface area contributed by atoms with Crippen molar-refractivity contribution < 1.29 is 23.7 Å². The first-order chi connectivity index (χ1) is 12.7. The first kappa shape index (κ1) is 17.0. The van der Waals surface area contributed by atoms with Gasteiger partial charge in [0.1, 0.15) is 24.6 Å². The summed E-state index contributed by atoms with van der Waals surface area (Å²) < 4.78 is 23.4. The van der Waals surface area contributed by atoms with Crippen molar-refractivity contribution in [3.8, 4) is 5.75 Å². The topological polar surface area (TPSA) is 80.1 Å². The summed E-state index contributed by atoms with van der Waals surface area (Å²) in [5.41, 5.74) is 2.59. The molecule has 0 saturated carbocycles. The molecule has 2 atom stereocenters. The van der Waals surface area contributed by atoms with Crippen molar-refractivity contribution in [3.63, 3.8) is 0 Å². The summed E-state index contributed by atoms with van der Waals surface area (Å²) in [6.45, 7) is 0.864. The third-order valence-electron chi connectivity index (χ3n) is 4.44. The molecule has 2 aromatic carbocycles. The molecule has 0 aromatic heterocycles. The lowest BCUT2D eigenvalue weighted by Crippen LogP contribution is -2.37. The molecule has 0 amide bonds. The van der Waals surface area contributed by atoms with E-state index in [4.69, 9.17) is 18.8 Å². The Morgan fingerprint density at radius 2 is 2.00 bits per heavy atom. The van der Waals surface area contributed by atoms with E-state index < -0.39 is 13.2 Å². The summed E-state index contributed by atoms with van der Waals surface area (Å²) in [5, 5.41) is 10.9. The molecule has 2 aromatic rings. The summed E-state index contributed by atoms with van der Waals surface area (Å²) in [5.74, 6) is 0.656. The van der Waals surface area contributed by atoms with Crippen LogP contribution in [0.2, 0.25) is 0 Å². The Morgan fingerprint density at radius 1 is 1.15 bits per heavy atom. The van der Waals surface area contributed by atoms with E-state index in [1.807, 2.05) is 48.5 Å². The Labute approximate surface area is 151 Å². The molecule has 2 heterocycles. The van der Waals surface area contributed by atoms with E-state index in [0.29, 0.717) is 25.6 Å². The molecule has 0 N–H and O–H groups in total. The summed E-state index contributed by atoms with van der Waals surface area (Å²) >= 11 is 0. The van der Waals surface area contributed by atoms with Gasteiger partial charge in [-0.2, -0.15) is 0 Å². The number of hydrogen-bond acceptors (Lipinski definition) is 6. The Bertz CT molecular complexity index is 787. The van der Waals surface area contributed by atoms with Gasteiger partial charge in [0.05, 0.1) is 13.2 Å². The fraction of sp³-hybridized carbons (Fsp3) is 0.333. The number of rotatable bonds is 6. The van der Waals surface area contributed by atoms with Crippen molar-refractivity contribution in [1.82, 2.24) is 0 Å². The van der Waals surface area contributed by atoms with Crippen molar-refractivity contribution in [1.29, 1.82) is 0 Å². The van der Waals surface area contributed by atoms with Gasteiger partial charge in [0.2, 0.25) is 6.54 Å². The number of nitro groups is 1. The van der Waals surface area contributed by atoms with E-state index in [-0.39, 0.29) is 17.6 Å². The number of benzene rings is 2. The standard InChI is InChI=1S/C18H18BNO6/c21-20(22)9-17-15-7-4-8-16-18(15)19(26-17)25-14(12-24-16)11-23-10-13-5-2-1-3-6-13/h1-8,14,17H,9-12H2/t14-,17?/m1/s1. The Hall–Kier alpha value is -2.42. The van der Waals surface area contributed by atoms with E-state index in [2.05, 4.69) is 0 Å². The quantitative estimate of drug-likeness (QED) is 0.446. The lowest BCUT2D eigenvalue weighted by atomic mass is 9.77. The maximum Gasteiger partial charge on any atom is 0.499 e. The predicted molar refractivity (Wildman–Crippen MR) is 94.0 cm³/mol. The van der Waals surface area contributed by atoms with Gasteiger partial charge < -0.3 is 18.8 Å². The number of ether oxygens (including phenoxy) is 2. The fourth-order valence-corrected chi connectivity index (χ4v) is 3.25. The third-order valence-corrected chi connectivity index (χ3v) is 4.44. The summed E-state index contributed by atoms with van der Waals surface area (Å²) in [7, 11) is -0.668. The zero-order valence-electron chi connectivity index (χ0n) is 14.1. The van der Waals surface area contributed by atoms with Crippen LogP contribution in [0.4, 0.5) is 0 Å². The van der Waals surface area contributed by atoms with Gasteiger partial charge in [0.25, 0.3) is 0 Å². The van der Waals surface area contributed by atoms with Crippen LogP contribution < -0.4 is 10.2 Å². The average Bonchev–Trinajstić information content (AvgIpc) is 2.87. The molecule has 2 aliphatic rings. The summed E-state index contributed by atoms with van der Waals surface area (Å²) in [4.78, 5) is 10.5. The first-order valence-electron chi connectivity index (χ1n) is 8.50. The van der Waals surface area contributed by atoms with E-state index in [9.17, 15) is 10.1 Å². The van der Waals surface area contributed by atoms with E-state index >= 15 is 0 Å². The molecule has 0 aliphatic carbocycles. The SMILES string of the molecule is O=[N+]([O-])CC1OB2O[C@H](COCc3ccccc3)COc3cccc1c32. The van der Waals surface area contributed by atoms with Crippen LogP contribution in [0.3, 0.4) is 0 Å². The van der Waals surface area contributed by atoms with Crippen molar-refractivity contribution >= 4 is 12.6 Å². The van der Waals surface area contributed by atoms with Crippen LogP contribution in [-0.2, 0) is 20.7 Å². The van der Waals surface area contributed by atoms with Gasteiger partial charge in [-0.1, -0.05) is 42.5 Å². The molecule has 2 aliphatic heterocycles. The van der Waals surface area contributed by atoms with Crippen LogP contribution in [-0.4, -0.2) is 37.9 Å². The van der Waals surface area contributed by atoms with Crippen LogP contribution in [0.15, 0.2) is 48.5 Å². The van der Waals surface area contributed by atoms with E-state index in [1.54, 1.807) is 0 Å². The maximum atomic E-state index is 10.9. The van der Waals surface area contributed by atoms with Crippen LogP contribution in [0.5, 0.6) is 5.75 Å². The monoisotopic (exact) mass is 355 g/mol. The molecule has 0 spiro atoms. The van der Waals surface area contributed by atoms with E-state index in [1.165, 1.54) is 0 Å². The molecule has 134 valence electrons. The average molecular weight is 355 g/mol. The predicted octanol–water partition coefficient (Wildman–Crippen LogP) is 1.72. The number of nitrogens with zero attached hydrogens (tertiary/aromatic N) is 1. The van der Waals surface area contributed by atoms with Gasteiger partial charge in [0, 0.05) is 10.4 Å². The van der Waals surface area contributed by atoms with Crippen LogP contribution in [0, 0.1) is 10.1 Å². The van der Waals surface area contributed by atoms with Crippen LogP contribution in [0.25, 0.3) is 0 Å². The zero-order chi connectivity index (χ0) is 17.9. The summed E-state index contributed by atoms with van der Waals surface area (Å²) in [6, 6.07) is 15.3. The fourth-order valence-electron chi connectivity index (χ4n) is 3.25. The summed E-state index contributed by atoms with van der Waals surface area (Å²) in [6.07, 6.45) is -0.948. The van der Waals surface area contributed by atoms with Gasteiger partial charge in [-0.05, 0) is 17.2 Å². The van der Waals surface area contributed by atoms with E-state index in [0.717, 1.165) is 16.6 Å². The lowest BCUT2D eigenvalue weighted by molar-refractivity contribution is -0.490. The van der Waals surface area contributed by atoms with Gasteiger partial charge >= 0.3 is 7.12 Å². The third kappa shape index (κ3) is 3.57. The molecule has 4 rings (SSSR count). The van der Waals surface area contributed by atoms with Crippen LogP contribution in [0.1, 0.15) is 17.2 Å². The molecule has 7 nitrogen and oxygen atoms in total. The minimum absolute atomic E-state index is 0.300. The van der Waals surface area contributed by atoms with Crippen molar-refractivity contribution in [3.05, 3.63) is 69.8 Å². The minimum Gasteiger partial charge on any atom is -0.491 e. The normalized spacial score (nSPS) is 21.0. The highest BCUT2D eigenvalue weighted by atomic mass is 16.6. The lowest BCUT2D eigenvalue weighted by Gasteiger charge is -2.18. The van der Waals surface area contributed by atoms with Gasteiger partial charge in [-0.15, -0.1) is 0 Å². The largest absolute Gasteiger partial charge is 0.499 e. The molecule has 26 heavy (non-hydrogen) atoms. The second-order valence-corrected chi connectivity index (χ2v) is 6.30. The Balaban J connectivity index is 1.43. The molecule has 0 fully saturated rings. The smallest absolute Gasteiger partial charge is 0.491 e. The second kappa shape index (κ2) is 7.45. The van der Waals surface area contributed by atoms with Gasteiger partial charge in [-0.3, -0.25) is 10.1 Å². The van der Waals surface area contributed by atoms with Gasteiger partial charge in [-0.25, -0.2) is 0 Å². The molecule has 0 saturated heterocycles. The highest BCUT2D eigenvalue weighted by Crippen LogP contribution is 2.31. The second-order valence-electron chi connectivity index (χ2n) is 6.30. The number of hydrogen-bond donors (Lipinski definition) is 0. The first-order valence-corrected chi connectivity index (χ1v) is 8.50.